The Kier molecular flexibility index (Phi) is 6.67. The van der Waals surface area contributed by atoms with Gasteiger partial charge in [0, 0.05) is 25.7 Å². The van der Waals surface area contributed by atoms with Crippen molar-refractivity contribution in [2.75, 3.05) is 32.7 Å². The number of nitrogens with one attached hydrogen (secondary N) is 2. The zero-order valence-electron chi connectivity index (χ0n) is 15.5. The Morgan fingerprint density at radius 2 is 1.59 bits per heavy atom. The van der Waals surface area contributed by atoms with Crippen molar-refractivity contribution >= 4 is 11.8 Å². The minimum atomic E-state index is -0.0251. The first-order valence-corrected chi connectivity index (χ1v) is 9.14. The van der Waals surface area contributed by atoms with Crippen LogP contribution in [0.3, 0.4) is 0 Å². The molecule has 0 aliphatic carbocycles. The van der Waals surface area contributed by atoms with Gasteiger partial charge in [0.15, 0.2) is 0 Å². The van der Waals surface area contributed by atoms with Gasteiger partial charge in [-0.15, -0.1) is 0 Å². The largest absolute Gasteiger partial charge is 0.467 e. The Bertz CT molecular complexity index is 714. The van der Waals surface area contributed by atoms with Crippen LogP contribution in [0.1, 0.15) is 18.4 Å². The van der Waals surface area contributed by atoms with Crippen molar-refractivity contribution in [2.45, 2.75) is 26.1 Å². The van der Waals surface area contributed by atoms with E-state index in [4.69, 9.17) is 8.83 Å². The number of furan rings is 2. The number of hydrogen-bond acceptors (Lipinski definition) is 6. The van der Waals surface area contributed by atoms with Crippen molar-refractivity contribution in [3.05, 3.63) is 48.3 Å². The average Bonchev–Trinajstić information content (AvgIpc) is 3.34. The molecule has 1 fully saturated rings. The van der Waals surface area contributed by atoms with E-state index in [-0.39, 0.29) is 17.9 Å². The second-order valence-electron chi connectivity index (χ2n) is 6.77. The summed E-state index contributed by atoms with van der Waals surface area (Å²) in [6.07, 6.45) is 3.18. The number of carbonyl (C=O) groups excluding carboxylic acids is 2. The zero-order valence-corrected chi connectivity index (χ0v) is 15.5. The predicted molar refractivity (Wildman–Crippen MR) is 98.6 cm³/mol. The van der Waals surface area contributed by atoms with Crippen LogP contribution in [0, 0.1) is 0 Å². The average molecular weight is 374 g/mol. The van der Waals surface area contributed by atoms with E-state index in [1.807, 2.05) is 12.1 Å². The van der Waals surface area contributed by atoms with Crippen LogP contribution in [0.15, 0.2) is 45.6 Å². The number of piperazine rings is 1. The van der Waals surface area contributed by atoms with Crippen molar-refractivity contribution < 1.29 is 18.4 Å². The lowest BCUT2D eigenvalue weighted by atomic mass is 10.2. The molecule has 3 rings (SSSR count). The standard InChI is InChI=1S/C19H26N4O4/c1-15-12-22(13-18(24)20-10-16-4-2-8-26-16)6-7-23(15)14-19(25)21-11-17-5-3-9-27-17/h2-5,8-9,15H,6-7,10-14H2,1H3,(H,20,24)(H,21,25). The van der Waals surface area contributed by atoms with E-state index in [2.05, 4.69) is 27.4 Å². The maximum atomic E-state index is 12.1. The summed E-state index contributed by atoms with van der Waals surface area (Å²) in [7, 11) is 0. The fourth-order valence-corrected chi connectivity index (χ4v) is 3.15. The first-order chi connectivity index (χ1) is 13.1. The van der Waals surface area contributed by atoms with Crippen molar-refractivity contribution in [2.24, 2.45) is 0 Å². The van der Waals surface area contributed by atoms with Crippen LogP contribution in [0.5, 0.6) is 0 Å². The molecule has 1 atom stereocenters. The summed E-state index contributed by atoms with van der Waals surface area (Å²) in [5, 5.41) is 5.73. The van der Waals surface area contributed by atoms with Crippen LogP contribution in [-0.4, -0.2) is 60.4 Å². The Hall–Kier alpha value is -2.58. The highest BCUT2D eigenvalue weighted by atomic mass is 16.3. The van der Waals surface area contributed by atoms with Crippen LogP contribution < -0.4 is 10.6 Å². The molecule has 2 N–H and O–H groups in total. The normalized spacial score (nSPS) is 18.3. The van der Waals surface area contributed by atoms with E-state index in [1.54, 1.807) is 24.7 Å². The smallest absolute Gasteiger partial charge is 0.234 e. The summed E-state index contributed by atoms with van der Waals surface area (Å²) < 4.78 is 10.4. The molecule has 0 aromatic carbocycles. The van der Waals surface area contributed by atoms with E-state index in [0.29, 0.717) is 26.2 Å². The van der Waals surface area contributed by atoms with Crippen LogP contribution in [0.2, 0.25) is 0 Å². The molecule has 2 aromatic rings. The quantitative estimate of drug-likeness (QED) is 0.711. The minimum absolute atomic E-state index is 0.0248. The van der Waals surface area contributed by atoms with E-state index in [0.717, 1.165) is 31.2 Å². The molecule has 3 heterocycles. The fourth-order valence-electron chi connectivity index (χ4n) is 3.15. The lowest BCUT2D eigenvalue weighted by Crippen LogP contribution is -2.55. The molecule has 1 saturated heterocycles. The number of hydrogen-bond donors (Lipinski definition) is 2. The summed E-state index contributed by atoms with van der Waals surface area (Å²) in [5.74, 6) is 1.43. The molecule has 1 aliphatic rings. The van der Waals surface area contributed by atoms with Crippen molar-refractivity contribution in [3.8, 4) is 0 Å². The van der Waals surface area contributed by atoms with Gasteiger partial charge in [0.05, 0.1) is 38.7 Å². The highest BCUT2D eigenvalue weighted by Crippen LogP contribution is 2.09. The Labute approximate surface area is 158 Å². The first kappa shape index (κ1) is 19.2. The predicted octanol–water partition coefficient (Wildman–Crippen LogP) is 0.811. The molecule has 0 radical (unpaired) electrons. The molecular formula is C19H26N4O4. The molecule has 1 aliphatic heterocycles. The van der Waals surface area contributed by atoms with Gasteiger partial charge < -0.3 is 19.5 Å². The summed E-state index contributed by atoms with van der Waals surface area (Å²) in [6.45, 7) is 5.83. The molecule has 0 spiro atoms. The zero-order chi connectivity index (χ0) is 19.1. The van der Waals surface area contributed by atoms with Gasteiger partial charge in [-0.1, -0.05) is 0 Å². The summed E-state index contributed by atoms with van der Waals surface area (Å²) in [6, 6.07) is 7.46. The molecule has 2 amide bonds. The monoisotopic (exact) mass is 374 g/mol. The van der Waals surface area contributed by atoms with Crippen LogP contribution >= 0.6 is 0 Å². The third-order valence-electron chi connectivity index (χ3n) is 4.64. The van der Waals surface area contributed by atoms with E-state index >= 15 is 0 Å². The second kappa shape index (κ2) is 9.38. The van der Waals surface area contributed by atoms with Gasteiger partial charge in [0.25, 0.3) is 0 Å². The molecule has 8 nitrogen and oxygen atoms in total. The minimum Gasteiger partial charge on any atom is -0.467 e. The van der Waals surface area contributed by atoms with Gasteiger partial charge >= 0.3 is 0 Å². The van der Waals surface area contributed by atoms with E-state index < -0.39 is 0 Å². The summed E-state index contributed by atoms with van der Waals surface area (Å²) in [5.41, 5.74) is 0. The molecule has 146 valence electrons. The lowest BCUT2D eigenvalue weighted by Gasteiger charge is -2.39. The molecule has 0 bridgehead atoms. The van der Waals surface area contributed by atoms with Gasteiger partial charge in [0.2, 0.25) is 11.8 Å². The number of rotatable bonds is 8. The van der Waals surface area contributed by atoms with Crippen LogP contribution in [0.25, 0.3) is 0 Å². The fraction of sp³-hybridized carbons (Fsp3) is 0.474. The Morgan fingerprint density at radius 1 is 1.00 bits per heavy atom. The van der Waals surface area contributed by atoms with Crippen LogP contribution in [0.4, 0.5) is 0 Å². The van der Waals surface area contributed by atoms with Crippen molar-refractivity contribution in [1.29, 1.82) is 0 Å². The summed E-state index contributed by atoms with van der Waals surface area (Å²) in [4.78, 5) is 28.5. The third-order valence-corrected chi connectivity index (χ3v) is 4.64. The van der Waals surface area contributed by atoms with Gasteiger partial charge in [-0.05, 0) is 31.2 Å². The molecule has 1 unspecified atom stereocenters. The number of amides is 2. The number of carbonyl (C=O) groups is 2. The molecule has 2 aromatic heterocycles. The molecular weight excluding hydrogens is 348 g/mol. The summed E-state index contributed by atoms with van der Waals surface area (Å²) >= 11 is 0. The maximum Gasteiger partial charge on any atom is 0.234 e. The first-order valence-electron chi connectivity index (χ1n) is 9.14. The lowest BCUT2D eigenvalue weighted by molar-refractivity contribution is -0.126. The highest BCUT2D eigenvalue weighted by Gasteiger charge is 2.26. The second-order valence-corrected chi connectivity index (χ2v) is 6.77. The van der Waals surface area contributed by atoms with Gasteiger partial charge in [0.1, 0.15) is 11.5 Å². The topological polar surface area (TPSA) is 91.0 Å². The highest BCUT2D eigenvalue weighted by molar-refractivity contribution is 5.78. The van der Waals surface area contributed by atoms with Gasteiger partial charge in [-0.3, -0.25) is 19.4 Å². The SMILES string of the molecule is CC1CN(CC(=O)NCc2ccco2)CCN1CC(=O)NCc1ccco1. The molecule has 8 heteroatoms. The van der Waals surface area contributed by atoms with Gasteiger partial charge in [-0.25, -0.2) is 0 Å². The molecule has 0 saturated carbocycles. The Balaban J connectivity index is 1.35. The van der Waals surface area contributed by atoms with E-state index in [1.165, 1.54) is 0 Å². The van der Waals surface area contributed by atoms with E-state index in [9.17, 15) is 9.59 Å². The van der Waals surface area contributed by atoms with Crippen molar-refractivity contribution in [1.82, 2.24) is 20.4 Å². The molecule has 27 heavy (non-hydrogen) atoms. The van der Waals surface area contributed by atoms with Crippen LogP contribution in [-0.2, 0) is 22.7 Å². The third kappa shape index (κ3) is 5.97. The number of nitrogens with zero attached hydrogens (tertiary/aromatic N) is 2. The van der Waals surface area contributed by atoms with Gasteiger partial charge in [-0.2, -0.15) is 0 Å². The van der Waals surface area contributed by atoms with Crippen molar-refractivity contribution in [3.63, 3.8) is 0 Å². The Morgan fingerprint density at radius 3 is 2.11 bits per heavy atom. The maximum absolute atomic E-state index is 12.1.